The summed E-state index contributed by atoms with van der Waals surface area (Å²) in [6.45, 7) is 0. The summed E-state index contributed by atoms with van der Waals surface area (Å²) in [6.07, 6.45) is 1.59. The van der Waals surface area contributed by atoms with Crippen molar-refractivity contribution in [2.75, 3.05) is 5.73 Å². The Morgan fingerprint density at radius 2 is 2.25 bits per heavy atom. The number of nitrogens with two attached hydrogens (primary N) is 1. The average molecular weight is 161 g/mol. The first-order valence-electron chi connectivity index (χ1n) is 3.50. The van der Waals surface area contributed by atoms with Crippen LogP contribution in [-0.4, -0.2) is 10.2 Å². The second kappa shape index (κ2) is 2.34. The predicted molar refractivity (Wildman–Crippen MR) is 46.8 cm³/mol. The van der Waals surface area contributed by atoms with Gasteiger partial charge in [0, 0.05) is 11.1 Å². The summed E-state index contributed by atoms with van der Waals surface area (Å²) in [4.78, 5) is 11.2. The van der Waals surface area contributed by atoms with Crippen LogP contribution in [0.4, 0.5) is 5.69 Å². The van der Waals surface area contributed by atoms with E-state index >= 15 is 0 Å². The van der Waals surface area contributed by atoms with Gasteiger partial charge in [0.25, 0.3) is 5.56 Å². The van der Waals surface area contributed by atoms with Gasteiger partial charge in [-0.3, -0.25) is 4.79 Å². The van der Waals surface area contributed by atoms with E-state index in [4.69, 9.17) is 5.73 Å². The lowest BCUT2D eigenvalue weighted by atomic mass is 10.2. The molecule has 0 bridgehead atoms. The first kappa shape index (κ1) is 6.84. The molecular formula is C8H7N3O. The zero-order chi connectivity index (χ0) is 8.55. The number of fused-ring (bicyclic) bond motifs is 1. The van der Waals surface area contributed by atoms with Gasteiger partial charge in [-0.2, -0.15) is 5.10 Å². The number of rotatable bonds is 0. The quantitative estimate of drug-likeness (QED) is 0.553. The largest absolute Gasteiger partial charge is 0.399 e. The number of hydrogen-bond donors (Lipinski definition) is 2. The van der Waals surface area contributed by atoms with Gasteiger partial charge in [0.05, 0.1) is 11.6 Å². The topological polar surface area (TPSA) is 71.8 Å². The molecule has 0 aliphatic rings. The molecular weight excluding hydrogens is 154 g/mol. The van der Waals surface area contributed by atoms with Crippen molar-refractivity contribution < 1.29 is 0 Å². The Morgan fingerprint density at radius 1 is 1.42 bits per heavy atom. The molecule has 0 fully saturated rings. The fourth-order valence-electron chi connectivity index (χ4n) is 1.10. The molecule has 0 saturated carbocycles. The van der Waals surface area contributed by atoms with Gasteiger partial charge in [0.1, 0.15) is 0 Å². The van der Waals surface area contributed by atoms with Gasteiger partial charge in [0.15, 0.2) is 0 Å². The highest BCUT2D eigenvalue weighted by Crippen LogP contribution is 2.11. The molecule has 1 heterocycles. The Balaban J connectivity index is 2.98. The van der Waals surface area contributed by atoms with E-state index in [1.165, 1.54) is 0 Å². The van der Waals surface area contributed by atoms with Crippen LogP contribution in [0.3, 0.4) is 0 Å². The summed E-state index contributed by atoms with van der Waals surface area (Å²) in [5.41, 5.74) is 5.89. The van der Waals surface area contributed by atoms with Gasteiger partial charge < -0.3 is 5.73 Å². The third-order valence-electron chi connectivity index (χ3n) is 1.69. The Bertz CT molecular complexity index is 475. The maximum absolute atomic E-state index is 11.2. The number of hydrogen-bond acceptors (Lipinski definition) is 3. The molecule has 60 valence electrons. The van der Waals surface area contributed by atoms with Crippen LogP contribution in [0.2, 0.25) is 0 Å². The summed E-state index contributed by atoms with van der Waals surface area (Å²) in [5.74, 6) is 0. The van der Waals surface area contributed by atoms with Crippen LogP contribution in [0.5, 0.6) is 0 Å². The van der Waals surface area contributed by atoms with E-state index < -0.39 is 0 Å². The third-order valence-corrected chi connectivity index (χ3v) is 1.69. The number of H-pyrrole nitrogens is 1. The van der Waals surface area contributed by atoms with Gasteiger partial charge in [0.2, 0.25) is 0 Å². The lowest BCUT2D eigenvalue weighted by Gasteiger charge is -1.95. The highest BCUT2D eigenvalue weighted by atomic mass is 16.1. The molecule has 4 heteroatoms. The summed E-state index contributed by atoms with van der Waals surface area (Å²) < 4.78 is 0. The van der Waals surface area contributed by atoms with Crippen molar-refractivity contribution in [3.8, 4) is 0 Å². The fourth-order valence-corrected chi connectivity index (χ4v) is 1.10. The Morgan fingerprint density at radius 3 is 3.08 bits per heavy atom. The van der Waals surface area contributed by atoms with E-state index in [9.17, 15) is 4.79 Å². The van der Waals surface area contributed by atoms with Crippen molar-refractivity contribution in [2.24, 2.45) is 0 Å². The number of anilines is 1. The smallest absolute Gasteiger partial charge is 0.272 e. The molecule has 3 N–H and O–H groups in total. The van der Waals surface area contributed by atoms with Crippen molar-refractivity contribution >= 4 is 16.5 Å². The maximum atomic E-state index is 11.2. The fraction of sp³-hybridized carbons (Fsp3) is 0. The number of nitrogens with one attached hydrogen (secondary N) is 1. The molecule has 0 radical (unpaired) electrons. The Labute approximate surface area is 68.0 Å². The van der Waals surface area contributed by atoms with Crippen molar-refractivity contribution in [3.63, 3.8) is 0 Å². The average Bonchev–Trinajstić information content (AvgIpc) is 2.07. The minimum atomic E-state index is -0.209. The van der Waals surface area contributed by atoms with E-state index in [1.807, 2.05) is 0 Å². The molecule has 0 spiro atoms. The molecule has 0 amide bonds. The lowest BCUT2D eigenvalue weighted by Crippen LogP contribution is -2.07. The van der Waals surface area contributed by atoms with E-state index in [0.29, 0.717) is 11.1 Å². The van der Waals surface area contributed by atoms with Crippen LogP contribution in [0.1, 0.15) is 0 Å². The molecule has 12 heavy (non-hydrogen) atoms. The van der Waals surface area contributed by atoms with E-state index in [0.717, 1.165) is 5.39 Å². The van der Waals surface area contributed by atoms with Gasteiger partial charge in [-0.05, 0) is 12.1 Å². The number of benzene rings is 1. The van der Waals surface area contributed by atoms with Crippen LogP contribution in [0.15, 0.2) is 29.2 Å². The normalized spacial score (nSPS) is 10.3. The first-order chi connectivity index (χ1) is 5.77. The molecule has 2 rings (SSSR count). The van der Waals surface area contributed by atoms with Crippen molar-refractivity contribution in [2.45, 2.75) is 0 Å². The zero-order valence-corrected chi connectivity index (χ0v) is 6.24. The van der Waals surface area contributed by atoms with Crippen LogP contribution < -0.4 is 11.3 Å². The molecule has 1 aromatic heterocycles. The maximum Gasteiger partial charge on any atom is 0.272 e. The standard InChI is InChI=1S/C8H7N3O/c9-6-2-1-5-4-10-11-8(12)7(5)3-6/h1-4H,9H2,(H,11,12). The number of aromatic amines is 1. The number of nitrogens with zero attached hydrogens (tertiary/aromatic N) is 1. The van der Waals surface area contributed by atoms with Crippen molar-refractivity contribution in [3.05, 3.63) is 34.7 Å². The molecule has 0 saturated heterocycles. The van der Waals surface area contributed by atoms with Gasteiger partial charge >= 0.3 is 0 Å². The van der Waals surface area contributed by atoms with Crippen molar-refractivity contribution in [1.82, 2.24) is 10.2 Å². The Kier molecular flexibility index (Phi) is 1.33. The first-order valence-corrected chi connectivity index (χ1v) is 3.50. The molecule has 0 aliphatic heterocycles. The van der Waals surface area contributed by atoms with E-state index in [-0.39, 0.29) is 5.56 Å². The predicted octanol–water partition coefficient (Wildman–Crippen LogP) is 0.505. The highest BCUT2D eigenvalue weighted by molar-refractivity contribution is 5.83. The molecule has 0 aliphatic carbocycles. The number of aromatic nitrogens is 2. The van der Waals surface area contributed by atoms with Crippen LogP contribution in [-0.2, 0) is 0 Å². The zero-order valence-electron chi connectivity index (χ0n) is 6.24. The molecule has 1 aromatic carbocycles. The van der Waals surface area contributed by atoms with E-state index in [2.05, 4.69) is 10.2 Å². The second-order valence-corrected chi connectivity index (χ2v) is 2.55. The van der Waals surface area contributed by atoms with Crippen LogP contribution >= 0.6 is 0 Å². The summed E-state index contributed by atoms with van der Waals surface area (Å²) >= 11 is 0. The van der Waals surface area contributed by atoms with Gasteiger partial charge in [-0.25, -0.2) is 5.10 Å². The summed E-state index contributed by atoms with van der Waals surface area (Å²) in [7, 11) is 0. The minimum absolute atomic E-state index is 0.209. The lowest BCUT2D eigenvalue weighted by molar-refractivity contribution is 1.01. The third kappa shape index (κ3) is 0.934. The minimum Gasteiger partial charge on any atom is -0.399 e. The molecule has 0 atom stereocenters. The molecule has 2 aromatic rings. The SMILES string of the molecule is Nc1ccc2cn[nH]c(=O)c2c1. The van der Waals surface area contributed by atoms with Crippen molar-refractivity contribution in [1.29, 1.82) is 0 Å². The van der Waals surface area contributed by atoms with Gasteiger partial charge in [-0.1, -0.05) is 6.07 Å². The van der Waals surface area contributed by atoms with E-state index in [1.54, 1.807) is 24.4 Å². The second-order valence-electron chi connectivity index (χ2n) is 2.55. The summed E-state index contributed by atoms with van der Waals surface area (Å²) in [5, 5.41) is 7.38. The highest BCUT2D eigenvalue weighted by Gasteiger charge is 1.97. The van der Waals surface area contributed by atoms with Gasteiger partial charge in [-0.15, -0.1) is 0 Å². The number of nitrogen functional groups attached to an aromatic ring is 1. The Hall–Kier alpha value is -1.84. The monoisotopic (exact) mass is 161 g/mol. The summed E-state index contributed by atoms with van der Waals surface area (Å²) in [6, 6.07) is 5.15. The molecule has 0 unspecified atom stereocenters. The van der Waals surface area contributed by atoms with Crippen LogP contribution in [0, 0.1) is 0 Å². The molecule has 4 nitrogen and oxygen atoms in total. The van der Waals surface area contributed by atoms with Crippen LogP contribution in [0.25, 0.3) is 10.8 Å².